The fourth-order valence-corrected chi connectivity index (χ4v) is 2.57. The molecule has 0 unspecified atom stereocenters. The van der Waals surface area contributed by atoms with Crippen molar-refractivity contribution >= 4 is 17.6 Å². The average molecular weight is 312 g/mol. The molecule has 124 valence electrons. The number of benzene rings is 1. The third kappa shape index (κ3) is 7.73. The Morgan fingerprint density at radius 1 is 1.13 bits per heavy atom. The lowest BCUT2D eigenvalue weighted by molar-refractivity contribution is -0.117. The second-order valence-corrected chi connectivity index (χ2v) is 6.39. The van der Waals surface area contributed by atoms with Gasteiger partial charge in [-0.05, 0) is 44.6 Å². The van der Waals surface area contributed by atoms with Gasteiger partial charge in [-0.1, -0.05) is 55.5 Å². The van der Waals surface area contributed by atoms with E-state index in [-0.39, 0.29) is 11.6 Å². The molecule has 0 saturated heterocycles. The molecule has 2 nitrogen and oxygen atoms in total. The van der Waals surface area contributed by atoms with Crippen molar-refractivity contribution in [2.24, 2.45) is 5.92 Å². The van der Waals surface area contributed by atoms with E-state index >= 15 is 0 Å². The van der Waals surface area contributed by atoms with Crippen LogP contribution in [-0.4, -0.2) is 11.6 Å². The highest BCUT2D eigenvalue weighted by Gasteiger charge is 2.07. The zero-order chi connectivity index (χ0) is 17.2. The number of hydrogen-bond acceptors (Lipinski definition) is 2. The smallest absolute Gasteiger partial charge is 0.163 e. The van der Waals surface area contributed by atoms with Gasteiger partial charge in [0.1, 0.15) is 5.78 Å². The van der Waals surface area contributed by atoms with E-state index in [9.17, 15) is 9.59 Å². The number of hydrogen-bond donors (Lipinski definition) is 0. The van der Waals surface area contributed by atoms with Crippen LogP contribution in [0.5, 0.6) is 0 Å². The number of carbonyl (C=O) groups excluding carboxylic acids is 2. The highest BCUT2D eigenvalue weighted by molar-refractivity contribution is 5.96. The molecule has 23 heavy (non-hydrogen) atoms. The first kappa shape index (κ1) is 19.1. The molecule has 0 fully saturated rings. The quantitative estimate of drug-likeness (QED) is 0.414. The number of Topliss-reactive ketones (excluding diaryl/α,β-unsaturated/α-hetero) is 2. The van der Waals surface area contributed by atoms with E-state index in [0.29, 0.717) is 18.8 Å². The van der Waals surface area contributed by atoms with Crippen molar-refractivity contribution in [2.45, 2.75) is 52.9 Å². The molecule has 0 amide bonds. The maximum atomic E-state index is 12.2. The molecule has 0 N–H and O–H groups in total. The molecule has 0 aliphatic carbocycles. The van der Waals surface area contributed by atoms with Gasteiger partial charge in [0, 0.05) is 18.4 Å². The van der Waals surface area contributed by atoms with Gasteiger partial charge in [0.15, 0.2) is 5.78 Å². The zero-order valence-electron chi connectivity index (χ0n) is 14.6. The molecule has 0 aliphatic heterocycles. The Hall–Kier alpha value is -1.96. The van der Waals surface area contributed by atoms with E-state index in [4.69, 9.17) is 0 Å². The molecule has 0 aliphatic rings. The lowest BCUT2D eigenvalue weighted by Crippen LogP contribution is -2.01. The Balaban J connectivity index is 2.37. The number of allylic oxidation sites excluding steroid dienone is 2. The van der Waals surface area contributed by atoms with E-state index in [1.54, 1.807) is 13.0 Å². The fraction of sp³-hybridized carbons (Fsp3) is 0.429. The van der Waals surface area contributed by atoms with E-state index in [1.165, 1.54) is 5.57 Å². The summed E-state index contributed by atoms with van der Waals surface area (Å²) in [6, 6.07) is 7.56. The maximum Gasteiger partial charge on any atom is 0.163 e. The predicted molar refractivity (Wildman–Crippen MR) is 97.6 cm³/mol. The summed E-state index contributed by atoms with van der Waals surface area (Å²) in [7, 11) is 0. The molecule has 0 heterocycles. The van der Waals surface area contributed by atoms with Crippen LogP contribution in [0.15, 0.2) is 42.5 Å². The van der Waals surface area contributed by atoms with E-state index in [2.05, 4.69) is 26.5 Å². The van der Waals surface area contributed by atoms with Crippen molar-refractivity contribution in [1.29, 1.82) is 0 Å². The third-order valence-electron chi connectivity index (χ3n) is 4.00. The average Bonchev–Trinajstić information content (AvgIpc) is 2.52. The second kappa shape index (κ2) is 9.94. The topological polar surface area (TPSA) is 34.1 Å². The molecule has 0 saturated carbocycles. The summed E-state index contributed by atoms with van der Waals surface area (Å²) in [5, 5.41) is 0. The van der Waals surface area contributed by atoms with Crippen LogP contribution in [0.3, 0.4) is 0 Å². The van der Waals surface area contributed by atoms with Crippen LogP contribution in [0.4, 0.5) is 0 Å². The van der Waals surface area contributed by atoms with E-state index in [1.807, 2.05) is 24.3 Å². The zero-order valence-corrected chi connectivity index (χ0v) is 14.6. The molecule has 1 atom stereocenters. The van der Waals surface area contributed by atoms with Crippen LogP contribution in [0.2, 0.25) is 0 Å². The summed E-state index contributed by atoms with van der Waals surface area (Å²) < 4.78 is 0. The molecule has 0 radical (unpaired) electrons. The molecule has 0 bridgehead atoms. The normalized spacial score (nSPS) is 12.7. The van der Waals surface area contributed by atoms with Gasteiger partial charge >= 0.3 is 0 Å². The van der Waals surface area contributed by atoms with Crippen LogP contribution >= 0.6 is 0 Å². The van der Waals surface area contributed by atoms with Crippen molar-refractivity contribution in [2.75, 3.05) is 0 Å². The van der Waals surface area contributed by atoms with Crippen molar-refractivity contribution < 1.29 is 9.59 Å². The summed E-state index contributed by atoms with van der Waals surface area (Å²) in [6.07, 6.45) is 7.96. The standard InChI is InChI=1S/C21H28O2/c1-5-19-10-12-20(13-11-19)21(23)14-9-16(2)7-6-8-17(3)15-18(4)22/h5,7,10-13,17H,1,6,8-9,14-15H2,2-4H3/b16-7+/t17-/m0/s1. The lowest BCUT2D eigenvalue weighted by Gasteiger charge is -2.07. The predicted octanol–water partition coefficient (Wildman–Crippen LogP) is 5.63. The molecule has 0 aromatic heterocycles. The van der Waals surface area contributed by atoms with Gasteiger partial charge in [-0.3, -0.25) is 4.79 Å². The highest BCUT2D eigenvalue weighted by Crippen LogP contribution is 2.15. The van der Waals surface area contributed by atoms with Gasteiger partial charge in [-0.25, -0.2) is 0 Å². The van der Waals surface area contributed by atoms with Gasteiger partial charge in [0.05, 0.1) is 0 Å². The Bertz CT molecular complexity index is 564. The Morgan fingerprint density at radius 3 is 2.35 bits per heavy atom. The number of rotatable bonds is 10. The summed E-state index contributed by atoms with van der Waals surface area (Å²) >= 11 is 0. The van der Waals surface area contributed by atoms with E-state index < -0.39 is 0 Å². The molecule has 0 spiro atoms. The monoisotopic (exact) mass is 312 g/mol. The van der Waals surface area contributed by atoms with Crippen LogP contribution in [0.25, 0.3) is 6.08 Å². The SMILES string of the molecule is C=Cc1ccc(C(=O)CC/C(C)=C/CC[C@H](C)CC(C)=O)cc1. The minimum atomic E-state index is 0.179. The second-order valence-electron chi connectivity index (χ2n) is 6.39. The van der Waals surface area contributed by atoms with Crippen LogP contribution in [-0.2, 0) is 4.79 Å². The number of carbonyl (C=O) groups is 2. The van der Waals surface area contributed by atoms with Gasteiger partial charge in [-0.15, -0.1) is 0 Å². The molecular weight excluding hydrogens is 284 g/mol. The molecule has 1 aromatic rings. The first-order chi connectivity index (χ1) is 10.9. The van der Waals surface area contributed by atoms with Gasteiger partial charge in [-0.2, -0.15) is 0 Å². The van der Waals surface area contributed by atoms with E-state index in [0.717, 1.165) is 30.4 Å². The van der Waals surface area contributed by atoms with Crippen molar-refractivity contribution in [3.8, 4) is 0 Å². The highest BCUT2D eigenvalue weighted by atomic mass is 16.1. The van der Waals surface area contributed by atoms with Crippen molar-refractivity contribution in [3.63, 3.8) is 0 Å². The molecular formula is C21H28O2. The fourth-order valence-electron chi connectivity index (χ4n) is 2.57. The Morgan fingerprint density at radius 2 is 1.78 bits per heavy atom. The lowest BCUT2D eigenvalue weighted by atomic mass is 9.98. The summed E-state index contributed by atoms with van der Waals surface area (Å²) in [5.41, 5.74) is 3.03. The first-order valence-electron chi connectivity index (χ1n) is 8.33. The largest absolute Gasteiger partial charge is 0.300 e. The molecule has 1 aromatic carbocycles. The minimum absolute atomic E-state index is 0.179. The van der Waals surface area contributed by atoms with Gasteiger partial charge in [0.2, 0.25) is 0 Å². The summed E-state index contributed by atoms with van der Waals surface area (Å²) in [5.74, 6) is 0.867. The van der Waals surface area contributed by atoms with Gasteiger partial charge in [0.25, 0.3) is 0 Å². The Labute approximate surface area is 140 Å². The first-order valence-corrected chi connectivity index (χ1v) is 8.33. The summed E-state index contributed by atoms with van der Waals surface area (Å²) in [4.78, 5) is 23.2. The Kier molecular flexibility index (Phi) is 8.25. The molecule has 2 heteroatoms. The minimum Gasteiger partial charge on any atom is -0.300 e. The van der Waals surface area contributed by atoms with Crippen LogP contribution in [0, 0.1) is 5.92 Å². The van der Waals surface area contributed by atoms with Crippen molar-refractivity contribution in [3.05, 3.63) is 53.6 Å². The van der Waals surface area contributed by atoms with Crippen molar-refractivity contribution in [1.82, 2.24) is 0 Å². The third-order valence-corrected chi connectivity index (χ3v) is 4.00. The van der Waals surface area contributed by atoms with Crippen LogP contribution < -0.4 is 0 Å². The maximum absolute atomic E-state index is 12.2. The number of ketones is 2. The molecule has 1 rings (SSSR count). The van der Waals surface area contributed by atoms with Gasteiger partial charge < -0.3 is 4.79 Å². The van der Waals surface area contributed by atoms with Crippen LogP contribution in [0.1, 0.15) is 68.8 Å². The summed E-state index contributed by atoms with van der Waals surface area (Å²) in [6.45, 7) is 9.54.